The Labute approximate surface area is 328 Å². The van der Waals surface area contributed by atoms with E-state index in [0.717, 1.165) is 44.8 Å². The van der Waals surface area contributed by atoms with Crippen molar-refractivity contribution in [1.82, 2.24) is 9.97 Å². The van der Waals surface area contributed by atoms with Gasteiger partial charge in [0, 0.05) is 38.9 Å². The number of hydrogen-bond donors (Lipinski definition) is 0. The Morgan fingerprint density at radius 2 is 0.893 bits per heavy atom. The number of hydrogen-bond acceptors (Lipinski definition) is 3. The molecule has 0 amide bonds. The molecule has 8 aromatic carbocycles. The van der Waals surface area contributed by atoms with Crippen molar-refractivity contribution < 1.29 is 0 Å². The largest absolute Gasteiger partial charge is 0.310 e. The van der Waals surface area contributed by atoms with Crippen LogP contribution >= 0.6 is 0 Å². The minimum atomic E-state index is -0.109. The fourth-order valence-electron chi connectivity index (χ4n) is 8.42. The van der Waals surface area contributed by atoms with Crippen LogP contribution in [0.1, 0.15) is 25.0 Å². The van der Waals surface area contributed by atoms with Crippen LogP contribution in [0.3, 0.4) is 0 Å². The molecule has 0 aliphatic heterocycles. The van der Waals surface area contributed by atoms with Crippen LogP contribution in [0.15, 0.2) is 200 Å². The first-order valence-electron chi connectivity index (χ1n) is 19.2. The number of benzene rings is 8. The van der Waals surface area contributed by atoms with Gasteiger partial charge in [0.05, 0.1) is 16.9 Å². The van der Waals surface area contributed by atoms with Crippen LogP contribution in [0.25, 0.3) is 66.9 Å². The molecule has 0 saturated heterocycles. The van der Waals surface area contributed by atoms with Crippen LogP contribution in [-0.4, -0.2) is 9.97 Å². The first kappa shape index (κ1) is 33.5. The molecular formula is C53H39N3. The molecule has 1 aliphatic rings. The Morgan fingerprint density at radius 3 is 1.55 bits per heavy atom. The summed E-state index contributed by atoms with van der Waals surface area (Å²) in [6, 6.07) is 71.4. The zero-order valence-electron chi connectivity index (χ0n) is 31.4. The minimum Gasteiger partial charge on any atom is -0.310 e. The molecule has 1 aliphatic carbocycles. The fourth-order valence-corrected chi connectivity index (χ4v) is 8.42. The monoisotopic (exact) mass is 717 g/mol. The Morgan fingerprint density at radius 1 is 0.393 bits per heavy atom. The van der Waals surface area contributed by atoms with Crippen molar-refractivity contribution in [3.8, 4) is 56.0 Å². The second-order valence-electron chi connectivity index (χ2n) is 15.0. The van der Waals surface area contributed by atoms with Crippen LogP contribution in [-0.2, 0) is 5.41 Å². The van der Waals surface area contributed by atoms with Gasteiger partial charge in [-0.2, -0.15) is 0 Å². The van der Waals surface area contributed by atoms with E-state index >= 15 is 0 Å². The van der Waals surface area contributed by atoms with Crippen LogP contribution < -0.4 is 4.90 Å². The van der Waals surface area contributed by atoms with E-state index in [4.69, 9.17) is 9.97 Å². The topological polar surface area (TPSA) is 29.0 Å². The van der Waals surface area contributed by atoms with Crippen LogP contribution in [0, 0.1) is 0 Å². The number of para-hydroxylation sites is 1. The summed E-state index contributed by atoms with van der Waals surface area (Å²) in [7, 11) is 0. The smallest absolute Gasteiger partial charge is 0.160 e. The number of nitrogens with zero attached hydrogens (tertiary/aromatic N) is 3. The molecule has 0 atom stereocenters. The van der Waals surface area contributed by atoms with Gasteiger partial charge >= 0.3 is 0 Å². The van der Waals surface area contributed by atoms with Crippen molar-refractivity contribution in [3.05, 3.63) is 211 Å². The molecule has 0 N–H and O–H groups in total. The number of fused-ring (bicyclic) bond motifs is 4. The van der Waals surface area contributed by atoms with E-state index in [1.807, 2.05) is 12.1 Å². The highest BCUT2D eigenvalue weighted by molar-refractivity contribution is 5.97. The lowest BCUT2D eigenvalue weighted by Crippen LogP contribution is -2.16. The summed E-state index contributed by atoms with van der Waals surface area (Å²) < 4.78 is 0. The van der Waals surface area contributed by atoms with Gasteiger partial charge in [-0.25, -0.2) is 9.97 Å². The van der Waals surface area contributed by atoms with Crippen molar-refractivity contribution >= 4 is 28.0 Å². The molecule has 0 spiro atoms. The summed E-state index contributed by atoms with van der Waals surface area (Å²) in [6.07, 6.45) is 0. The van der Waals surface area contributed by atoms with Gasteiger partial charge in [0.1, 0.15) is 0 Å². The maximum Gasteiger partial charge on any atom is 0.160 e. The molecule has 1 heterocycles. The van der Waals surface area contributed by atoms with Gasteiger partial charge in [0.2, 0.25) is 0 Å². The van der Waals surface area contributed by atoms with Gasteiger partial charge < -0.3 is 4.90 Å². The molecule has 0 unspecified atom stereocenters. The van der Waals surface area contributed by atoms with Gasteiger partial charge in [-0.1, -0.05) is 178 Å². The molecule has 9 aromatic rings. The highest BCUT2D eigenvalue weighted by Gasteiger charge is 2.37. The maximum atomic E-state index is 5.24. The summed E-state index contributed by atoms with van der Waals surface area (Å²) in [4.78, 5) is 12.7. The summed E-state index contributed by atoms with van der Waals surface area (Å²) in [5.74, 6) is 0.712. The lowest BCUT2D eigenvalue weighted by molar-refractivity contribution is 0.660. The Balaban J connectivity index is 1.09. The quantitative estimate of drug-likeness (QED) is 0.164. The van der Waals surface area contributed by atoms with Gasteiger partial charge in [-0.05, 0) is 75.3 Å². The van der Waals surface area contributed by atoms with Crippen LogP contribution in [0.2, 0.25) is 0 Å². The molecule has 266 valence electrons. The summed E-state index contributed by atoms with van der Waals surface area (Å²) >= 11 is 0. The third kappa shape index (κ3) is 5.77. The molecule has 0 fully saturated rings. The molecule has 3 heteroatoms. The number of anilines is 3. The SMILES string of the molecule is CC1(C)c2ccccc2-c2c(N(c3ccc(-c4ccccc4)cc3)c3ccc(-c4nc(-c5ccc(-c6ccccc6)cc5)nc5ccccc45)cc3)cccc21. The van der Waals surface area contributed by atoms with Crippen LogP contribution in [0.4, 0.5) is 17.1 Å². The molecule has 0 bridgehead atoms. The molecule has 0 radical (unpaired) electrons. The predicted molar refractivity (Wildman–Crippen MR) is 234 cm³/mol. The van der Waals surface area contributed by atoms with E-state index in [0.29, 0.717) is 5.82 Å². The molecule has 1 aromatic heterocycles. The first-order valence-corrected chi connectivity index (χ1v) is 19.2. The van der Waals surface area contributed by atoms with E-state index in [-0.39, 0.29) is 5.41 Å². The third-order valence-electron chi connectivity index (χ3n) is 11.3. The van der Waals surface area contributed by atoms with Crippen molar-refractivity contribution in [2.45, 2.75) is 19.3 Å². The van der Waals surface area contributed by atoms with E-state index in [1.54, 1.807) is 0 Å². The summed E-state index contributed by atoms with van der Waals surface area (Å²) in [5, 5.41) is 1.03. The second kappa shape index (κ2) is 13.6. The average molecular weight is 718 g/mol. The van der Waals surface area contributed by atoms with Crippen molar-refractivity contribution in [3.63, 3.8) is 0 Å². The van der Waals surface area contributed by atoms with E-state index in [1.165, 1.54) is 44.5 Å². The van der Waals surface area contributed by atoms with E-state index < -0.39 is 0 Å². The van der Waals surface area contributed by atoms with E-state index in [2.05, 4.69) is 207 Å². The second-order valence-corrected chi connectivity index (χ2v) is 15.0. The Bertz CT molecular complexity index is 2840. The van der Waals surface area contributed by atoms with Crippen molar-refractivity contribution in [2.75, 3.05) is 4.90 Å². The van der Waals surface area contributed by atoms with Gasteiger partial charge in [0.15, 0.2) is 5.82 Å². The Hall–Kier alpha value is -7.10. The zero-order valence-corrected chi connectivity index (χ0v) is 31.4. The van der Waals surface area contributed by atoms with Gasteiger partial charge in [-0.3, -0.25) is 0 Å². The fraction of sp³-hybridized carbons (Fsp3) is 0.0566. The zero-order chi connectivity index (χ0) is 37.6. The van der Waals surface area contributed by atoms with Crippen molar-refractivity contribution in [2.24, 2.45) is 0 Å². The molecule has 10 rings (SSSR count). The Kier molecular flexibility index (Phi) is 8.15. The molecule has 0 saturated carbocycles. The van der Waals surface area contributed by atoms with Crippen LogP contribution in [0.5, 0.6) is 0 Å². The van der Waals surface area contributed by atoms with Gasteiger partial charge in [0.25, 0.3) is 0 Å². The highest BCUT2D eigenvalue weighted by atomic mass is 15.1. The normalized spacial score (nSPS) is 12.6. The first-order chi connectivity index (χ1) is 27.5. The third-order valence-corrected chi connectivity index (χ3v) is 11.3. The minimum absolute atomic E-state index is 0.109. The van der Waals surface area contributed by atoms with Gasteiger partial charge in [-0.15, -0.1) is 0 Å². The lowest BCUT2D eigenvalue weighted by atomic mass is 9.82. The lowest BCUT2D eigenvalue weighted by Gasteiger charge is -2.29. The highest BCUT2D eigenvalue weighted by Crippen LogP contribution is 2.54. The standard InChI is InChI=1S/C53H39N3/c1-53(2)46-20-11-9-18-44(46)50-47(53)21-13-23-49(50)56(42-32-28-39(29-33-42)37-16-7-4-8-17-37)43-34-30-40(31-35-43)51-45-19-10-12-22-48(45)54-52(55-51)41-26-24-38(25-27-41)36-14-5-3-6-15-36/h3-35H,1-2H3. The summed E-state index contributed by atoms with van der Waals surface area (Å²) in [6.45, 7) is 4.68. The molecule has 56 heavy (non-hydrogen) atoms. The average Bonchev–Trinajstić information content (AvgIpc) is 3.51. The number of aromatic nitrogens is 2. The molecular weight excluding hydrogens is 679 g/mol. The number of rotatable bonds is 7. The van der Waals surface area contributed by atoms with Crippen molar-refractivity contribution in [1.29, 1.82) is 0 Å². The van der Waals surface area contributed by atoms with E-state index in [9.17, 15) is 0 Å². The summed E-state index contributed by atoms with van der Waals surface area (Å²) in [5.41, 5.74) is 17.1. The predicted octanol–water partition coefficient (Wildman–Crippen LogP) is 14.1. The molecule has 3 nitrogen and oxygen atoms in total. The maximum absolute atomic E-state index is 5.24.